The van der Waals surface area contributed by atoms with Crippen LogP contribution in [0.2, 0.25) is 0 Å². The third-order valence-corrected chi connectivity index (χ3v) is 8.21. The van der Waals surface area contributed by atoms with Crippen LogP contribution in [0, 0.1) is 17.8 Å². The molecule has 0 radical (unpaired) electrons. The Bertz CT molecular complexity index is 854. The second kappa shape index (κ2) is 15.3. The van der Waals surface area contributed by atoms with Gasteiger partial charge in [-0.05, 0) is 79.9 Å². The van der Waals surface area contributed by atoms with Crippen molar-refractivity contribution in [2.75, 3.05) is 20.3 Å². The molecule has 7 heteroatoms. The Hall–Kier alpha value is -2.12. The number of carboxylic acid groups (broad SMARTS) is 1. The first kappa shape index (κ1) is 29.4. The molecule has 7 nitrogen and oxygen atoms in total. The number of esters is 1. The van der Waals surface area contributed by atoms with E-state index >= 15 is 0 Å². The van der Waals surface area contributed by atoms with Crippen LogP contribution in [0.3, 0.4) is 0 Å². The molecule has 0 aliphatic heterocycles. The number of aliphatic hydroxyl groups is 1. The summed E-state index contributed by atoms with van der Waals surface area (Å²) in [6.45, 7) is 1.84. The molecule has 2 N–H and O–H groups in total. The van der Waals surface area contributed by atoms with Crippen molar-refractivity contribution in [3.05, 3.63) is 29.3 Å². The number of unbranched alkanes of at least 4 members (excludes halogenated alkanes) is 6. The Morgan fingerprint density at radius 1 is 1.03 bits per heavy atom. The highest BCUT2D eigenvalue weighted by atomic mass is 16.6. The molecular formula is C30H46O7. The van der Waals surface area contributed by atoms with E-state index in [1.165, 1.54) is 44.8 Å². The van der Waals surface area contributed by atoms with Gasteiger partial charge in [0, 0.05) is 7.11 Å². The van der Waals surface area contributed by atoms with Gasteiger partial charge in [0.25, 0.3) is 0 Å². The molecule has 5 atom stereocenters. The van der Waals surface area contributed by atoms with Gasteiger partial charge in [-0.15, -0.1) is 0 Å². The second-order valence-electron chi connectivity index (χ2n) is 10.9. The van der Waals surface area contributed by atoms with Crippen molar-refractivity contribution < 1.29 is 34.0 Å². The number of methoxy groups -OCH3 is 1. The lowest BCUT2D eigenvalue weighted by Gasteiger charge is -2.32. The fourth-order valence-electron chi connectivity index (χ4n) is 6.39. The summed E-state index contributed by atoms with van der Waals surface area (Å²) in [5.74, 6) is 0.224. The van der Waals surface area contributed by atoms with Crippen LogP contribution in [0.25, 0.3) is 0 Å². The number of aliphatic carboxylic acids is 1. The van der Waals surface area contributed by atoms with E-state index in [0.29, 0.717) is 17.6 Å². The minimum atomic E-state index is -0.986. The van der Waals surface area contributed by atoms with Gasteiger partial charge in [-0.1, -0.05) is 57.6 Å². The lowest BCUT2D eigenvalue weighted by atomic mass is 9.73. The lowest BCUT2D eigenvalue weighted by molar-refractivity contribution is -0.154. The number of carbonyl (C=O) groups excluding carboxylic acids is 1. The molecule has 0 saturated heterocycles. The van der Waals surface area contributed by atoms with E-state index in [1.54, 1.807) is 0 Å². The Balaban J connectivity index is 1.57. The standard InChI is InChI=1S/C30H46O7/c1-3-4-5-6-7-8-9-12-23(37-30(34)20-35-2)14-15-24-25-16-21-11-10-13-28(36-19-29(32)33)26(21)17-22(25)18-27(24)31/h10-11,13,22-25,27,31H,3-9,12,14-20H2,1-2H3,(H,32,33)/t22-,23-,24+,25-,27+/m0/s1. The zero-order valence-electron chi connectivity index (χ0n) is 22.7. The number of benzene rings is 1. The predicted molar refractivity (Wildman–Crippen MR) is 142 cm³/mol. The largest absolute Gasteiger partial charge is 0.482 e. The number of aliphatic hydroxyl groups excluding tert-OH is 1. The maximum absolute atomic E-state index is 12.2. The first-order chi connectivity index (χ1) is 17.9. The average molecular weight is 519 g/mol. The number of carbonyl (C=O) groups is 2. The molecule has 2 aliphatic carbocycles. The van der Waals surface area contributed by atoms with E-state index in [2.05, 4.69) is 13.0 Å². The summed E-state index contributed by atoms with van der Waals surface area (Å²) in [6, 6.07) is 5.86. The number of rotatable bonds is 17. The molecule has 1 fully saturated rings. The topological polar surface area (TPSA) is 102 Å². The summed E-state index contributed by atoms with van der Waals surface area (Å²) in [5, 5.41) is 20.0. The van der Waals surface area contributed by atoms with Crippen molar-refractivity contribution in [3.63, 3.8) is 0 Å². The molecule has 0 heterocycles. The molecule has 37 heavy (non-hydrogen) atoms. The number of carboxylic acids is 1. The Morgan fingerprint density at radius 3 is 2.51 bits per heavy atom. The first-order valence-electron chi connectivity index (χ1n) is 14.2. The number of hydrogen-bond donors (Lipinski definition) is 2. The molecule has 0 spiro atoms. The average Bonchev–Trinajstić information content (AvgIpc) is 3.17. The van der Waals surface area contributed by atoms with Crippen molar-refractivity contribution in [1.29, 1.82) is 0 Å². The Labute approximate surface area is 221 Å². The quantitative estimate of drug-likeness (QED) is 0.212. The molecule has 2 aliphatic rings. The molecule has 3 rings (SSSR count). The Kier molecular flexibility index (Phi) is 12.2. The molecule has 0 unspecified atom stereocenters. The first-order valence-corrected chi connectivity index (χ1v) is 14.2. The van der Waals surface area contributed by atoms with Gasteiger partial charge >= 0.3 is 11.9 Å². The fraction of sp³-hybridized carbons (Fsp3) is 0.733. The van der Waals surface area contributed by atoms with Gasteiger partial charge in [-0.3, -0.25) is 0 Å². The molecule has 208 valence electrons. The van der Waals surface area contributed by atoms with Crippen LogP contribution in [0.5, 0.6) is 5.75 Å². The summed E-state index contributed by atoms with van der Waals surface area (Å²) in [7, 11) is 1.50. The summed E-state index contributed by atoms with van der Waals surface area (Å²) >= 11 is 0. The van der Waals surface area contributed by atoms with E-state index < -0.39 is 5.97 Å². The third kappa shape index (κ3) is 8.99. The van der Waals surface area contributed by atoms with Crippen molar-refractivity contribution >= 4 is 11.9 Å². The van der Waals surface area contributed by atoms with Crippen molar-refractivity contribution in [1.82, 2.24) is 0 Å². The van der Waals surface area contributed by atoms with Crippen LogP contribution in [0.15, 0.2) is 18.2 Å². The van der Waals surface area contributed by atoms with Crippen LogP contribution in [-0.2, 0) is 31.9 Å². The second-order valence-corrected chi connectivity index (χ2v) is 10.9. The monoisotopic (exact) mass is 518 g/mol. The van der Waals surface area contributed by atoms with Gasteiger partial charge in [-0.25, -0.2) is 9.59 Å². The minimum absolute atomic E-state index is 0.0344. The number of fused-ring (bicyclic) bond motifs is 2. The minimum Gasteiger partial charge on any atom is -0.482 e. The van der Waals surface area contributed by atoms with Crippen molar-refractivity contribution in [2.24, 2.45) is 17.8 Å². The smallest absolute Gasteiger partial charge is 0.341 e. The fourth-order valence-corrected chi connectivity index (χ4v) is 6.39. The van der Waals surface area contributed by atoms with Gasteiger partial charge in [0.1, 0.15) is 18.5 Å². The summed E-state index contributed by atoms with van der Waals surface area (Å²) in [4.78, 5) is 23.1. The van der Waals surface area contributed by atoms with Gasteiger partial charge in [0.15, 0.2) is 6.61 Å². The van der Waals surface area contributed by atoms with Crippen molar-refractivity contribution in [3.8, 4) is 5.75 Å². The zero-order valence-corrected chi connectivity index (χ0v) is 22.7. The molecule has 1 aromatic rings. The summed E-state index contributed by atoms with van der Waals surface area (Å²) < 4.78 is 16.3. The van der Waals surface area contributed by atoms with Gasteiger partial charge in [0.2, 0.25) is 0 Å². The van der Waals surface area contributed by atoms with Crippen LogP contribution in [0.1, 0.15) is 88.7 Å². The third-order valence-electron chi connectivity index (χ3n) is 8.21. The van der Waals surface area contributed by atoms with Crippen molar-refractivity contribution in [2.45, 2.75) is 103 Å². The van der Waals surface area contributed by atoms with Crippen LogP contribution >= 0.6 is 0 Å². The summed E-state index contributed by atoms with van der Waals surface area (Å²) in [6.07, 6.45) is 12.9. The zero-order chi connectivity index (χ0) is 26.6. The molecule has 0 bridgehead atoms. The maximum atomic E-state index is 12.2. The molecular weight excluding hydrogens is 472 g/mol. The normalized spacial score (nSPS) is 23.2. The Morgan fingerprint density at radius 2 is 1.78 bits per heavy atom. The van der Waals surface area contributed by atoms with E-state index in [4.69, 9.17) is 19.3 Å². The molecule has 0 amide bonds. The summed E-state index contributed by atoms with van der Waals surface area (Å²) in [5.41, 5.74) is 2.28. The van der Waals surface area contributed by atoms with E-state index in [1.807, 2.05) is 12.1 Å². The van der Waals surface area contributed by atoms with Gasteiger partial charge in [0.05, 0.1) is 6.10 Å². The number of hydrogen-bond acceptors (Lipinski definition) is 6. The molecule has 0 aromatic heterocycles. The highest BCUT2D eigenvalue weighted by Crippen LogP contribution is 2.48. The van der Waals surface area contributed by atoms with Crippen LogP contribution < -0.4 is 4.74 Å². The SMILES string of the molecule is CCCCCCCCC[C@@H](CC[C@@H]1[C@H]2Cc3cccc(OCC(=O)O)c3C[C@H]2C[C@H]1O)OC(=O)COC. The van der Waals surface area contributed by atoms with Gasteiger partial charge < -0.3 is 24.4 Å². The van der Waals surface area contributed by atoms with Crippen LogP contribution in [0.4, 0.5) is 0 Å². The van der Waals surface area contributed by atoms with Crippen LogP contribution in [-0.4, -0.2) is 54.7 Å². The van der Waals surface area contributed by atoms with Gasteiger partial charge in [-0.2, -0.15) is 0 Å². The van der Waals surface area contributed by atoms with E-state index in [9.17, 15) is 14.7 Å². The maximum Gasteiger partial charge on any atom is 0.341 e. The highest BCUT2D eigenvalue weighted by molar-refractivity contribution is 5.70. The predicted octanol–water partition coefficient (Wildman–Crippen LogP) is 5.34. The van der Waals surface area contributed by atoms with E-state index in [-0.39, 0.29) is 37.3 Å². The highest BCUT2D eigenvalue weighted by Gasteiger charge is 2.45. The number of ether oxygens (including phenoxy) is 3. The van der Waals surface area contributed by atoms with E-state index in [0.717, 1.165) is 56.9 Å². The molecule has 1 aromatic carbocycles. The molecule has 1 saturated carbocycles. The lowest BCUT2D eigenvalue weighted by Crippen LogP contribution is -2.29.